The van der Waals surface area contributed by atoms with Gasteiger partial charge >= 0.3 is 0 Å². The highest BCUT2D eigenvalue weighted by molar-refractivity contribution is 7.99. The monoisotopic (exact) mass is 439 g/mol. The average Bonchev–Trinajstić information content (AvgIpc) is 3.52. The van der Waals surface area contributed by atoms with E-state index in [-0.39, 0.29) is 23.5 Å². The van der Waals surface area contributed by atoms with E-state index < -0.39 is 0 Å². The molecule has 2 aromatic carbocycles. The minimum Gasteiger partial charge on any atom is -0.378 e. The number of hydrogen-bond acceptors (Lipinski definition) is 5. The van der Waals surface area contributed by atoms with Crippen molar-refractivity contribution in [3.8, 4) is 11.4 Å². The SMILES string of the molecule is CN(Cc1ccc(N(C)C)cc1)C(=O)CSc1nnc(-c2ccccc2F)n1C1CC1. The van der Waals surface area contributed by atoms with E-state index in [2.05, 4.69) is 10.2 Å². The molecule has 0 unspecified atom stereocenters. The molecule has 4 rings (SSSR count). The Morgan fingerprint density at radius 2 is 1.81 bits per heavy atom. The lowest BCUT2D eigenvalue weighted by Crippen LogP contribution is -2.28. The van der Waals surface area contributed by atoms with Crippen LogP contribution in [-0.4, -0.2) is 52.5 Å². The number of aromatic nitrogens is 3. The maximum absolute atomic E-state index is 14.3. The van der Waals surface area contributed by atoms with Gasteiger partial charge in [0.25, 0.3) is 0 Å². The van der Waals surface area contributed by atoms with E-state index in [1.807, 2.05) is 47.8 Å². The number of carbonyl (C=O) groups is 1. The summed E-state index contributed by atoms with van der Waals surface area (Å²) in [5.74, 6) is 0.489. The largest absolute Gasteiger partial charge is 0.378 e. The van der Waals surface area contributed by atoms with Crippen LogP contribution in [-0.2, 0) is 11.3 Å². The van der Waals surface area contributed by atoms with Gasteiger partial charge in [-0.2, -0.15) is 0 Å². The lowest BCUT2D eigenvalue weighted by Gasteiger charge is -2.18. The van der Waals surface area contributed by atoms with Crippen LogP contribution in [0.4, 0.5) is 10.1 Å². The number of benzene rings is 2. The zero-order valence-corrected chi connectivity index (χ0v) is 18.8. The van der Waals surface area contributed by atoms with E-state index in [4.69, 9.17) is 0 Å². The Bertz CT molecular complexity index is 1060. The molecular formula is C23H26FN5OS. The molecule has 8 heteroatoms. The zero-order valence-electron chi connectivity index (χ0n) is 18.0. The van der Waals surface area contributed by atoms with Gasteiger partial charge in [0.2, 0.25) is 5.91 Å². The van der Waals surface area contributed by atoms with Crippen LogP contribution in [0.5, 0.6) is 0 Å². The minimum absolute atomic E-state index is 0.0134. The second-order valence-electron chi connectivity index (χ2n) is 7.99. The molecular weight excluding hydrogens is 413 g/mol. The van der Waals surface area contributed by atoms with E-state index in [1.54, 1.807) is 30.1 Å². The molecule has 0 spiro atoms. The molecule has 1 heterocycles. The van der Waals surface area contributed by atoms with Crippen molar-refractivity contribution in [3.05, 3.63) is 59.9 Å². The van der Waals surface area contributed by atoms with Gasteiger partial charge in [0.05, 0.1) is 11.3 Å². The fourth-order valence-electron chi connectivity index (χ4n) is 3.36. The second kappa shape index (κ2) is 9.09. The summed E-state index contributed by atoms with van der Waals surface area (Å²) in [5.41, 5.74) is 2.64. The quantitative estimate of drug-likeness (QED) is 0.492. The first-order valence-electron chi connectivity index (χ1n) is 10.3. The fraction of sp³-hybridized carbons (Fsp3) is 0.348. The average molecular weight is 440 g/mol. The van der Waals surface area contributed by atoms with E-state index >= 15 is 0 Å². The molecule has 1 saturated carbocycles. The Balaban J connectivity index is 1.42. The third-order valence-corrected chi connectivity index (χ3v) is 6.24. The van der Waals surface area contributed by atoms with Crippen LogP contribution >= 0.6 is 11.8 Å². The summed E-state index contributed by atoms with van der Waals surface area (Å²) in [5, 5.41) is 9.18. The third kappa shape index (κ3) is 4.90. The van der Waals surface area contributed by atoms with Gasteiger partial charge in [-0.1, -0.05) is 36.0 Å². The highest BCUT2D eigenvalue weighted by Gasteiger charge is 2.31. The maximum atomic E-state index is 14.3. The summed E-state index contributed by atoms with van der Waals surface area (Å²) in [7, 11) is 5.80. The Kier molecular flexibility index (Phi) is 6.27. The summed E-state index contributed by atoms with van der Waals surface area (Å²) in [6, 6.07) is 15.0. The van der Waals surface area contributed by atoms with Crippen LogP contribution in [0.3, 0.4) is 0 Å². The molecule has 162 valence electrons. The second-order valence-corrected chi connectivity index (χ2v) is 8.93. The van der Waals surface area contributed by atoms with Crippen LogP contribution in [0.25, 0.3) is 11.4 Å². The predicted molar refractivity (Wildman–Crippen MR) is 122 cm³/mol. The highest BCUT2D eigenvalue weighted by atomic mass is 32.2. The molecule has 6 nitrogen and oxygen atoms in total. The number of nitrogens with zero attached hydrogens (tertiary/aromatic N) is 5. The van der Waals surface area contributed by atoms with Crippen LogP contribution in [0.1, 0.15) is 24.4 Å². The third-order valence-electron chi connectivity index (χ3n) is 5.31. The summed E-state index contributed by atoms with van der Waals surface area (Å²) in [4.78, 5) is 16.5. The fourth-order valence-corrected chi connectivity index (χ4v) is 4.31. The first kappa shape index (κ1) is 21.4. The Morgan fingerprint density at radius 1 is 1.10 bits per heavy atom. The van der Waals surface area contributed by atoms with Gasteiger partial charge in [-0.05, 0) is 42.7 Å². The lowest BCUT2D eigenvalue weighted by molar-refractivity contribution is -0.127. The number of amides is 1. The Hall–Kier alpha value is -2.87. The Labute approximate surface area is 186 Å². The van der Waals surface area contributed by atoms with E-state index in [1.165, 1.54) is 17.8 Å². The Morgan fingerprint density at radius 3 is 2.45 bits per heavy atom. The van der Waals surface area contributed by atoms with Gasteiger partial charge in [-0.3, -0.25) is 9.36 Å². The number of hydrogen-bond donors (Lipinski definition) is 0. The molecule has 1 aliphatic rings. The van der Waals surface area contributed by atoms with Crippen molar-refractivity contribution < 1.29 is 9.18 Å². The summed E-state index contributed by atoms with van der Waals surface area (Å²) >= 11 is 1.36. The van der Waals surface area contributed by atoms with Gasteiger partial charge < -0.3 is 9.80 Å². The molecule has 0 bridgehead atoms. The summed E-state index contributed by atoms with van der Waals surface area (Å²) in [6.45, 7) is 0.545. The topological polar surface area (TPSA) is 54.3 Å². The molecule has 0 aliphatic heterocycles. The van der Waals surface area contributed by atoms with Gasteiger partial charge in [0.15, 0.2) is 11.0 Å². The van der Waals surface area contributed by atoms with Gasteiger partial charge in [0, 0.05) is 39.4 Å². The molecule has 1 aliphatic carbocycles. The lowest BCUT2D eigenvalue weighted by atomic mass is 10.2. The van der Waals surface area contributed by atoms with Crippen molar-refractivity contribution in [1.29, 1.82) is 0 Å². The molecule has 3 aromatic rings. The number of anilines is 1. The first-order valence-corrected chi connectivity index (χ1v) is 11.3. The van der Waals surface area contributed by atoms with Crippen LogP contribution in [0.2, 0.25) is 0 Å². The molecule has 1 amide bonds. The predicted octanol–water partition coefficient (Wildman–Crippen LogP) is 4.24. The molecule has 0 N–H and O–H groups in total. The molecule has 1 aromatic heterocycles. The van der Waals surface area contributed by atoms with Gasteiger partial charge in [-0.15, -0.1) is 10.2 Å². The van der Waals surface area contributed by atoms with Crippen molar-refractivity contribution in [2.75, 3.05) is 31.8 Å². The standard InChI is InChI=1S/C23H26FN5OS/c1-27(2)17-10-8-16(9-11-17)14-28(3)21(30)15-31-23-26-25-22(29(23)18-12-13-18)19-6-4-5-7-20(19)24/h4-11,18H,12-15H2,1-3H3. The molecule has 0 radical (unpaired) electrons. The van der Waals surface area contributed by atoms with Crippen molar-refractivity contribution in [2.45, 2.75) is 30.6 Å². The molecule has 0 saturated heterocycles. The number of thioether (sulfide) groups is 1. The van der Waals surface area contributed by atoms with Crippen molar-refractivity contribution in [1.82, 2.24) is 19.7 Å². The normalized spacial score (nSPS) is 13.3. The maximum Gasteiger partial charge on any atom is 0.233 e. The van der Waals surface area contributed by atoms with E-state index in [9.17, 15) is 9.18 Å². The van der Waals surface area contributed by atoms with Crippen molar-refractivity contribution >= 4 is 23.4 Å². The van der Waals surface area contributed by atoms with Gasteiger partial charge in [-0.25, -0.2) is 4.39 Å². The number of carbonyl (C=O) groups excluding carboxylic acids is 1. The smallest absolute Gasteiger partial charge is 0.233 e. The number of rotatable bonds is 8. The van der Waals surface area contributed by atoms with E-state index in [0.29, 0.717) is 23.1 Å². The van der Waals surface area contributed by atoms with Crippen LogP contribution in [0, 0.1) is 5.82 Å². The summed E-state index contributed by atoms with van der Waals surface area (Å²) < 4.78 is 16.3. The zero-order chi connectivity index (χ0) is 22.0. The van der Waals surface area contributed by atoms with Gasteiger partial charge in [0.1, 0.15) is 5.82 Å². The molecule has 0 atom stereocenters. The van der Waals surface area contributed by atoms with Crippen LogP contribution < -0.4 is 4.90 Å². The van der Waals surface area contributed by atoms with Crippen molar-refractivity contribution in [3.63, 3.8) is 0 Å². The van der Waals surface area contributed by atoms with E-state index in [0.717, 1.165) is 24.1 Å². The summed E-state index contributed by atoms with van der Waals surface area (Å²) in [6.07, 6.45) is 2.04. The first-order chi connectivity index (χ1) is 14.9. The highest BCUT2D eigenvalue weighted by Crippen LogP contribution is 2.41. The number of halogens is 1. The molecule has 31 heavy (non-hydrogen) atoms. The molecule has 1 fully saturated rings. The van der Waals surface area contributed by atoms with Crippen LogP contribution in [0.15, 0.2) is 53.7 Å². The van der Waals surface area contributed by atoms with Crippen molar-refractivity contribution in [2.24, 2.45) is 0 Å². The minimum atomic E-state index is -0.315.